The van der Waals surface area contributed by atoms with E-state index in [0.717, 1.165) is 30.7 Å². The Hall–Kier alpha value is -0.930. The van der Waals surface area contributed by atoms with Crippen molar-refractivity contribution in [1.82, 2.24) is 9.80 Å². The smallest absolute Gasteiger partial charge is 0.123 e. The molecule has 0 unspecified atom stereocenters. The molecule has 6 rings (SSSR count). The van der Waals surface area contributed by atoms with Crippen LogP contribution in [0.3, 0.4) is 0 Å². The van der Waals surface area contributed by atoms with Crippen LogP contribution in [0.1, 0.15) is 44.1 Å². The Morgan fingerprint density at radius 2 is 1.40 bits per heavy atom. The molecule has 1 aromatic carbocycles. The van der Waals surface area contributed by atoms with E-state index in [-0.39, 0.29) is 5.82 Å². The monoisotopic (exact) mass is 342 g/mol. The maximum atomic E-state index is 13.0. The van der Waals surface area contributed by atoms with Crippen molar-refractivity contribution < 1.29 is 4.39 Å². The topological polar surface area (TPSA) is 6.48 Å². The van der Waals surface area contributed by atoms with Crippen molar-refractivity contribution in [1.29, 1.82) is 0 Å². The Kier molecular flexibility index (Phi) is 4.13. The number of piperazine rings is 1. The van der Waals surface area contributed by atoms with Gasteiger partial charge in [0.2, 0.25) is 0 Å². The highest BCUT2D eigenvalue weighted by molar-refractivity contribution is 5.16. The lowest BCUT2D eigenvalue weighted by Gasteiger charge is -2.61. The van der Waals surface area contributed by atoms with Crippen molar-refractivity contribution in [2.45, 2.75) is 50.5 Å². The number of benzene rings is 1. The quantitative estimate of drug-likeness (QED) is 0.817. The molecule has 3 heteroatoms. The van der Waals surface area contributed by atoms with E-state index >= 15 is 0 Å². The molecule has 0 amide bonds. The lowest BCUT2D eigenvalue weighted by Crippen LogP contribution is -2.63. The van der Waals surface area contributed by atoms with Crippen LogP contribution >= 0.6 is 0 Å². The van der Waals surface area contributed by atoms with Crippen molar-refractivity contribution in [3.05, 3.63) is 35.6 Å². The predicted octanol–water partition coefficient (Wildman–Crippen LogP) is 3.95. The Labute approximate surface area is 151 Å². The first-order valence-electron chi connectivity index (χ1n) is 10.4. The zero-order valence-corrected chi connectivity index (χ0v) is 15.3. The maximum Gasteiger partial charge on any atom is 0.123 e. The van der Waals surface area contributed by atoms with Gasteiger partial charge < -0.3 is 4.90 Å². The minimum absolute atomic E-state index is 0.132. The summed E-state index contributed by atoms with van der Waals surface area (Å²) in [5.74, 6) is 3.00. The van der Waals surface area contributed by atoms with E-state index in [4.69, 9.17) is 0 Å². The maximum absolute atomic E-state index is 13.0. The Bertz CT molecular complexity index is 568. The lowest BCUT2D eigenvalue weighted by molar-refractivity contribution is -0.101. The molecular weight excluding hydrogens is 311 g/mol. The van der Waals surface area contributed by atoms with E-state index in [1.54, 1.807) is 12.1 Å². The van der Waals surface area contributed by atoms with E-state index < -0.39 is 0 Å². The lowest BCUT2D eigenvalue weighted by atomic mass is 9.52. The molecule has 4 bridgehead atoms. The number of hydrogen-bond acceptors (Lipinski definition) is 2. The normalized spacial score (nSPS) is 38.4. The fourth-order valence-corrected chi connectivity index (χ4v) is 6.84. The van der Waals surface area contributed by atoms with Gasteiger partial charge in [-0.15, -0.1) is 0 Å². The molecule has 1 aliphatic heterocycles. The molecule has 4 saturated carbocycles. The van der Waals surface area contributed by atoms with Gasteiger partial charge in [0.1, 0.15) is 5.82 Å². The highest BCUT2D eigenvalue weighted by Crippen LogP contribution is 2.57. The van der Waals surface area contributed by atoms with Gasteiger partial charge >= 0.3 is 0 Å². The Balaban J connectivity index is 1.16. The van der Waals surface area contributed by atoms with Crippen LogP contribution in [0, 0.1) is 23.6 Å². The molecule has 5 aliphatic rings. The Morgan fingerprint density at radius 1 is 0.840 bits per heavy atom. The van der Waals surface area contributed by atoms with E-state index in [0.29, 0.717) is 5.54 Å². The van der Waals surface area contributed by atoms with Gasteiger partial charge in [0.15, 0.2) is 0 Å². The molecule has 0 spiro atoms. The highest BCUT2D eigenvalue weighted by Gasteiger charge is 2.53. The molecule has 0 atom stereocenters. The molecular formula is C22H31FN2. The molecule has 1 heterocycles. The van der Waals surface area contributed by atoms with Crippen LogP contribution in [0.4, 0.5) is 4.39 Å². The summed E-state index contributed by atoms with van der Waals surface area (Å²) in [4.78, 5) is 5.51. The first-order valence-corrected chi connectivity index (χ1v) is 10.4. The van der Waals surface area contributed by atoms with Gasteiger partial charge in [0.05, 0.1) is 0 Å². The average molecular weight is 343 g/mol. The molecule has 25 heavy (non-hydrogen) atoms. The minimum atomic E-state index is -0.132. The summed E-state index contributed by atoms with van der Waals surface area (Å²) in [5, 5.41) is 0. The summed E-state index contributed by atoms with van der Waals surface area (Å²) in [6, 6.07) is 7.03. The highest BCUT2D eigenvalue weighted by atomic mass is 19.1. The van der Waals surface area contributed by atoms with Gasteiger partial charge in [-0.2, -0.15) is 0 Å². The van der Waals surface area contributed by atoms with Gasteiger partial charge in [-0.3, -0.25) is 4.90 Å². The molecule has 4 aliphatic carbocycles. The third-order valence-electron chi connectivity index (χ3n) is 7.68. The molecule has 1 saturated heterocycles. The second-order valence-corrected chi connectivity index (χ2v) is 9.35. The fourth-order valence-electron chi connectivity index (χ4n) is 6.84. The van der Waals surface area contributed by atoms with E-state index in [1.807, 2.05) is 12.1 Å². The minimum Gasteiger partial charge on any atom is -0.300 e. The SMILES string of the molecule is Fc1ccc(CCN2CCN(C34CC5CC(CC(C5)C3)C4)CC2)cc1. The zero-order chi connectivity index (χ0) is 16.9. The molecule has 2 nitrogen and oxygen atoms in total. The molecule has 0 aromatic heterocycles. The van der Waals surface area contributed by atoms with Crippen LogP contribution in [0.15, 0.2) is 24.3 Å². The molecule has 0 radical (unpaired) electrons. The van der Waals surface area contributed by atoms with E-state index in [2.05, 4.69) is 9.80 Å². The summed E-state index contributed by atoms with van der Waals surface area (Å²) in [7, 11) is 0. The average Bonchev–Trinajstić information content (AvgIpc) is 2.60. The van der Waals surface area contributed by atoms with Gasteiger partial charge in [-0.1, -0.05) is 12.1 Å². The number of nitrogens with zero attached hydrogens (tertiary/aromatic N) is 2. The van der Waals surface area contributed by atoms with Crippen LogP contribution in [-0.2, 0) is 6.42 Å². The number of hydrogen-bond donors (Lipinski definition) is 0. The molecule has 0 N–H and O–H groups in total. The summed E-state index contributed by atoms with van der Waals surface area (Å²) < 4.78 is 13.0. The van der Waals surface area contributed by atoms with E-state index in [1.165, 1.54) is 70.3 Å². The van der Waals surface area contributed by atoms with Crippen LogP contribution in [0.2, 0.25) is 0 Å². The van der Waals surface area contributed by atoms with Gasteiger partial charge in [0, 0.05) is 38.3 Å². The van der Waals surface area contributed by atoms with Crippen LogP contribution < -0.4 is 0 Å². The molecule has 5 fully saturated rings. The number of halogens is 1. The van der Waals surface area contributed by atoms with Crippen molar-refractivity contribution >= 4 is 0 Å². The van der Waals surface area contributed by atoms with Crippen molar-refractivity contribution in [3.63, 3.8) is 0 Å². The van der Waals surface area contributed by atoms with Crippen molar-refractivity contribution in [2.75, 3.05) is 32.7 Å². The summed E-state index contributed by atoms with van der Waals surface area (Å²) >= 11 is 0. The molecule has 136 valence electrons. The van der Waals surface area contributed by atoms with E-state index in [9.17, 15) is 4.39 Å². The standard InChI is InChI=1S/C22H31FN2/c23-21-3-1-17(2-4-21)5-6-24-7-9-25(10-8-24)22-14-18-11-19(15-22)13-20(12-18)16-22/h1-4,18-20H,5-16H2. The third kappa shape index (κ3) is 3.14. The zero-order valence-electron chi connectivity index (χ0n) is 15.3. The summed E-state index contributed by atoms with van der Waals surface area (Å²) in [6.45, 7) is 6.05. The van der Waals surface area contributed by atoms with Gasteiger partial charge in [-0.05, 0) is 80.4 Å². The Morgan fingerprint density at radius 3 is 1.96 bits per heavy atom. The van der Waals surface area contributed by atoms with Crippen molar-refractivity contribution in [3.8, 4) is 0 Å². The first-order chi connectivity index (χ1) is 12.2. The predicted molar refractivity (Wildman–Crippen MR) is 99.0 cm³/mol. The molecule has 1 aromatic rings. The van der Waals surface area contributed by atoms with Gasteiger partial charge in [-0.25, -0.2) is 4.39 Å². The van der Waals surface area contributed by atoms with Crippen LogP contribution in [0.5, 0.6) is 0 Å². The largest absolute Gasteiger partial charge is 0.300 e. The summed E-state index contributed by atoms with van der Waals surface area (Å²) in [5.41, 5.74) is 1.84. The second kappa shape index (κ2) is 6.35. The fraction of sp³-hybridized carbons (Fsp3) is 0.727. The second-order valence-electron chi connectivity index (χ2n) is 9.35. The van der Waals surface area contributed by atoms with Gasteiger partial charge in [0.25, 0.3) is 0 Å². The van der Waals surface area contributed by atoms with Crippen LogP contribution in [-0.4, -0.2) is 48.1 Å². The summed E-state index contributed by atoms with van der Waals surface area (Å²) in [6.07, 6.45) is 10.1. The number of rotatable bonds is 4. The third-order valence-corrected chi connectivity index (χ3v) is 7.68. The van der Waals surface area contributed by atoms with Crippen LogP contribution in [0.25, 0.3) is 0 Å². The first kappa shape index (κ1) is 16.3. The van der Waals surface area contributed by atoms with Crippen molar-refractivity contribution in [2.24, 2.45) is 17.8 Å².